The second-order valence-corrected chi connectivity index (χ2v) is 4.82. The molecule has 2 N–H and O–H groups in total. The molecule has 1 atom stereocenters. The van der Waals surface area contributed by atoms with E-state index in [0.717, 1.165) is 0 Å². The van der Waals surface area contributed by atoms with Gasteiger partial charge >= 0.3 is 6.03 Å². The fourth-order valence-electron chi connectivity index (χ4n) is 1.55. The summed E-state index contributed by atoms with van der Waals surface area (Å²) in [6, 6.07) is 0.486. The normalized spacial score (nSPS) is 16.7. The van der Waals surface area contributed by atoms with Crippen molar-refractivity contribution in [1.82, 2.24) is 15.5 Å². The van der Waals surface area contributed by atoms with Gasteiger partial charge in [0.15, 0.2) is 0 Å². The van der Waals surface area contributed by atoms with Crippen LogP contribution in [0.1, 0.15) is 26.2 Å². The standard InChI is InChI=1S/C11H20ClN3O2/c1-8(15(2)9-3-4-9)7-13-11(17)14-10(16)5-6-12/h8-9H,3-7H2,1-2H3,(H2,13,14,16,17). The molecule has 0 heterocycles. The molecule has 3 amide bonds. The van der Waals surface area contributed by atoms with Gasteiger partial charge in [-0.15, -0.1) is 11.6 Å². The van der Waals surface area contributed by atoms with Gasteiger partial charge in [0.1, 0.15) is 0 Å². The Balaban J connectivity index is 2.16. The number of likely N-dealkylation sites (N-methyl/N-ethyl adjacent to an activating group) is 1. The minimum atomic E-state index is -0.448. The second-order valence-electron chi connectivity index (χ2n) is 4.44. The Hall–Kier alpha value is -0.810. The smallest absolute Gasteiger partial charge is 0.321 e. The van der Waals surface area contributed by atoms with E-state index in [1.165, 1.54) is 12.8 Å². The van der Waals surface area contributed by atoms with Crippen molar-refractivity contribution < 1.29 is 9.59 Å². The molecule has 0 saturated heterocycles. The number of nitrogens with zero attached hydrogens (tertiary/aromatic N) is 1. The van der Waals surface area contributed by atoms with E-state index < -0.39 is 6.03 Å². The molecule has 0 bridgehead atoms. The van der Waals surface area contributed by atoms with Crippen molar-refractivity contribution in [3.63, 3.8) is 0 Å². The van der Waals surface area contributed by atoms with Gasteiger partial charge in [-0.1, -0.05) is 0 Å². The highest BCUT2D eigenvalue weighted by Gasteiger charge is 2.29. The van der Waals surface area contributed by atoms with Gasteiger partial charge in [0.25, 0.3) is 0 Å². The summed E-state index contributed by atoms with van der Waals surface area (Å²) in [6.45, 7) is 2.59. The third kappa shape index (κ3) is 5.37. The molecule has 0 aromatic carbocycles. The van der Waals surface area contributed by atoms with E-state index >= 15 is 0 Å². The third-order valence-electron chi connectivity index (χ3n) is 2.95. The Morgan fingerprint density at radius 1 is 1.47 bits per heavy atom. The lowest BCUT2D eigenvalue weighted by Gasteiger charge is -2.24. The summed E-state index contributed by atoms with van der Waals surface area (Å²) >= 11 is 5.39. The summed E-state index contributed by atoms with van der Waals surface area (Å²) in [5, 5.41) is 4.91. The number of imide groups is 1. The van der Waals surface area contributed by atoms with Crippen LogP contribution in [-0.4, -0.2) is 48.4 Å². The lowest BCUT2D eigenvalue weighted by molar-refractivity contribution is -0.119. The number of carbonyl (C=O) groups excluding carboxylic acids is 2. The molecule has 0 radical (unpaired) electrons. The van der Waals surface area contributed by atoms with Gasteiger partial charge in [-0.3, -0.25) is 15.0 Å². The first-order chi connectivity index (χ1) is 8.04. The average molecular weight is 262 g/mol. The summed E-state index contributed by atoms with van der Waals surface area (Å²) in [6.07, 6.45) is 2.63. The minimum Gasteiger partial charge on any atom is -0.336 e. The lowest BCUT2D eigenvalue weighted by atomic mass is 10.3. The zero-order chi connectivity index (χ0) is 12.8. The van der Waals surface area contributed by atoms with Crippen LogP contribution < -0.4 is 10.6 Å². The number of amides is 3. The fraction of sp³-hybridized carbons (Fsp3) is 0.818. The van der Waals surface area contributed by atoms with Crippen molar-refractivity contribution in [2.24, 2.45) is 0 Å². The number of rotatable bonds is 6. The van der Waals surface area contributed by atoms with E-state index in [1.807, 2.05) is 0 Å². The quantitative estimate of drug-likeness (QED) is 0.699. The predicted molar refractivity (Wildman–Crippen MR) is 67.1 cm³/mol. The first-order valence-corrected chi connectivity index (χ1v) is 6.43. The summed E-state index contributed by atoms with van der Waals surface area (Å²) in [4.78, 5) is 24.7. The number of alkyl halides is 1. The van der Waals surface area contributed by atoms with Gasteiger partial charge in [0.2, 0.25) is 5.91 Å². The van der Waals surface area contributed by atoms with Gasteiger partial charge in [0, 0.05) is 30.9 Å². The van der Waals surface area contributed by atoms with Gasteiger partial charge in [-0.25, -0.2) is 4.79 Å². The van der Waals surface area contributed by atoms with Crippen LogP contribution in [0.4, 0.5) is 4.79 Å². The molecule has 0 aliphatic heterocycles. The average Bonchev–Trinajstić information content (AvgIpc) is 3.08. The molecule has 17 heavy (non-hydrogen) atoms. The van der Waals surface area contributed by atoms with Crippen molar-refractivity contribution in [3.05, 3.63) is 0 Å². The molecule has 98 valence electrons. The third-order valence-corrected chi connectivity index (χ3v) is 3.14. The maximum absolute atomic E-state index is 11.3. The molecule has 0 aromatic heterocycles. The number of carbonyl (C=O) groups is 2. The summed E-state index contributed by atoms with van der Waals surface area (Å²) in [7, 11) is 2.06. The SMILES string of the molecule is CC(CNC(=O)NC(=O)CCCl)N(C)C1CC1. The van der Waals surface area contributed by atoms with Crippen LogP contribution in [-0.2, 0) is 4.79 Å². The summed E-state index contributed by atoms with van der Waals surface area (Å²) < 4.78 is 0. The number of hydrogen-bond acceptors (Lipinski definition) is 3. The van der Waals surface area contributed by atoms with Crippen molar-refractivity contribution in [3.8, 4) is 0 Å². The van der Waals surface area contributed by atoms with Gasteiger partial charge in [-0.05, 0) is 26.8 Å². The highest BCUT2D eigenvalue weighted by Crippen LogP contribution is 2.26. The topological polar surface area (TPSA) is 61.4 Å². The van der Waals surface area contributed by atoms with Crippen molar-refractivity contribution in [2.75, 3.05) is 19.5 Å². The Morgan fingerprint density at radius 3 is 2.65 bits per heavy atom. The van der Waals surface area contributed by atoms with Crippen molar-refractivity contribution in [2.45, 2.75) is 38.3 Å². The Kier molecular flexibility index (Phi) is 5.71. The fourth-order valence-corrected chi connectivity index (χ4v) is 1.72. The molecule has 1 aliphatic rings. The molecule has 1 rings (SSSR count). The molecule has 1 saturated carbocycles. The van der Waals surface area contributed by atoms with Crippen LogP contribution >= 0.6 is 11.6 Å². The molecule has 1 fully saturated rings. The number of urea groups is 1. The predicted octanol–water partition coefficient (Wildman–Crippen LogP) is 0.924. The van der Waals surface area contributed by atoms with Gasteiger partial charge in [-0.2, -0.15) is 0 Å². The molecular formula is C11H20ClN3O2. The van der Waals surface area contributed by atoms with Crippen LogP contribution in [0.25, 0.3) is 0 Å². The highest BCUT2D eigenvalue weighted by atomic mass is 35.5. The first kappa shape index (κ1) is 14.3. The molecule has 0 spiro atoms. The molecule has 6 heteroatoms. The van der Waals surface area contributed by atoms with Crippen LogP contribution in [0.15, 0.2) is 0 Å². The zero-order valence-electron chi connectivity index (χ0n) is 10.3. The first-order valence-electron chi connectivity index (χ1n) is 5.90. The Labute approximate surface area is 107 Å². The van der Waals surface area contributed by atoms with Crippen LogP contribution in [0, 0.1) is 0 Å². The lowest BCUT2D eigenvalue weighted by Crippen LogP contribution is -2.46. The minimum absolute atomic E-state index is 0.159. The summed E-state index contributed by atoms with van der Waals surface area (Å²) in [5.74, 6) is -0.124. The van der Waals surface area contributed by atoms with E-state index in [0.29, 0.717) is 12.6 Å². The van der Waals surface area contributed by atoms with E-state index in [4.69, 9.17) is 11.6 Å². The van der Waals surface area contributed by atoms with Crippen LogP contribution in [0.3, 0.4) is 0 Å². The Morgan fingerprint density at radius 2 is 2.12 bits per heavy atom. The van der Waals surface area contributed by atoms with Crippen molar-refractivity contribution >= 4 is 23.5 Å². The largest absolute Gasteiger partial charge is 0.336 e. The van der Waals surface area contributed by atoms with E-state index in [2.05, 4.69) is 29.5 Å². The van der Waals surface area contributed by atoms with E-state index in [-0.39, 0.29) is 24.2 Å². The molecule has 1 unspecified atom stereocenters. The van der Waals surface area contributed by atoms with Gasteiger partial charge in [0.05, 0.1) is 0 Å². The highest BCUT2D eigenvalue weighted by molar-refractivity contribution is 6.19. The molecule has 0 aromatic rings. The number of halogens is 1. The molecule has 1 aliphatic carbocycles. The van der Waals surface area contributed by atoms with Crippen LogP contribution in [0.2, 0.25) is 0 Å². The number of hydrogen-bond donors (Lipinski definition) is 2. The maximum Gasteiger partial charge on any atom is 0.321 e. The van der Waals surface area contributed by atoms with Gasteiger partial charge < -0.3 is 5.32 Å². The van der Waals surface area contributed by atoms with E-state index in [1.54, 1.807) is 0 Å². The Bertz CT molecular complexity index is 282. The monoisotopic (exact) mass is 261 g/mol. The maximum atomic E-state index is 11.3. The van der Waals surface area contributed by atoms with Crippen molar-refractivity contribution in [1.29, 1.82) is 0 Å². The van der Waals surface area contributed by atoms with Crippen LogP contribution in [0.5, 0.6) is 0 Å². The number of nitrogens with one attached hydrogen (secondary N) is 2. The van der Waals surface area contributed by atoms with E-state index in [9.17, 15) is 9.59 Å². The second kappa shape index (κ2) is 6.81. The summed E-state index contributed by atoms with van der Waals surface area (Å²) in [5.41, 5.74) is 0. The molecular weight excluding hydrogens is 242 g/mol. The zero-order valence-corrected chi connectivity index (χ0v) is 11.1. The molecule has 5 nitrogen and oxygen atoms in total.